The number of aromatic nitrogens is 2. The molecule has 142 valence electrons. The van der Waals surface area contributed by atoms with E-state index >= 15 is 0 Å². The Morgan fingerprint density at radius 2 is 1.96 bits per heavy atom. The van der Waals surface area contributed by atoms with Gasteiger partial charge in [-0.3, -0.25) is 4.79 Å². The van der Waals surface area contributed by atoms with E-state index in [2.05, 4.69) is 24.0 Å². The molecule has 2 aliphatic carbocycles. The number of hydrogen-bond acceptors (Lipinski definition) is 4. The maximum Gasteiger partial charge on any atom is 0.248 e. The van der Waals surface area contributed by atoms with E-state index in [1.54, 1.807) is 18.0 Å². The van der Waals surface area contributed by atoms with Gasteiger partial charge in [-0.1, -0.05) is 19.9 Å². The van der Waals surface area contributed by atoms with E-state index in [0.717, 1.165) is 12.0 Å². The molecule has 1 amide bonds. The monoisotopic (exact) mass is 373 g/mol. The molecule has 1 fully saturated rings. The van der Waals surface area contributed by atoms with Crippen molar-refractivity contribution in [3.8, 4) is 11.3 Å². The zero-order valence-corrected chi connectivity index (χ0v) is 15.5. The maximum absolute atomic E-state index is 14.2. The highest BCUT2D eigenvalue weighted by molar-refractivity contribution is 5.79. The summed E-state index contributed by atoms with van der Waals surface area (Å²) in [5, 5.41) is 17.8. The van der Waals surface area contributed by atoms with Gasteiger partial charge in [-0.05, 0) is 42.5 Å². The molecule has 1 saturated carbocycles. The number of fused-ring (bicyclic) bond motifs is 5. The molecule has 0 radical (unpaired) electrons. The van der Waals surface area contributed by atoms with Crippen molar-refractivity contribution < 1.29 is 18.7 Å². The molecule has 0 aliphatic heterocycles. The minimum absolute atomic E-state index is 0.0885. The lowest BCUT2D eigenvalue weighted by molar-refractivity contribution is -0.143. The molecule has 27 heavy (non-hydrogen) atoms. The molecule has 1 heterocycles. The van der Waals surface area contributed by atoms with E-state index in [-0.39, 0.29) is 28.5 Å². The first-order valence-corrected chi connectivity index (χ1v) is 8.95. The summed E-state index contributed by atoms with van der Waals surface area (Å²) in [5.41, 5.74) is 0.466. The summed E-state index contributed by atoms with van der Waals surface area (Å²) in [6.07, 6.45) is 1.54. The Morgan fingerprint density at radius 1 is 1.30 bits per heavy atom. The number of carbonyl (C=O) groups is 1. The Morgan fingerprint density at radius 3 is 2.59 bits per heavy atom. The third kappa shape index (κ3) is 2.15. The van der Waals surface area contributed by atoms with Gasteiger partial charge in [-0.25, -0.2) is 8.78 Å². The van der Waals surface area contributed by atoms with Crippen LogP contribution in [-0.2, 0) is 10.3 Å². The van der Waals surface area contributed by atoms with Crippen molar-refractivity contribution in [1.82, 2.24) is 15.1 Å². The SMILES string of the molecule is CN(C(=O)CO)C12CC[C@@H](c3cc(-c4c(F)cccc4F)nnc31)C2(C)C. The fraction of sp³-hybridized carbons (Fsp3) is 0.450. The average Bonchev–Trinajstić information content (AvgIpc) is 3.02. The summed E-state index contributed by atoms with van der Waals surface area (Å²) in [5.74, 6) is -1.67. The van der Waals surface area contributed by atoms with Crippen LogP contribution >= 0.6 is 0 Å². The molecular formula is C20H21F2N3O2. The summed E-state index contributed by atoms with van der Waals surface area (Å²) >= 11 is 0. The van der Waals surface area contributed by atoms with Crippen molar-refractivity contribution in [2.75, 3.05) is 13.7 Å². The second kappa shape index (κ2) is 5.79. The molecule has 7 heteroatoms. The highest BCUT2D eigenvalue weighted by atomic mass is 19.1. The van der Waals surface area contributed by atoms with Gasteiger partial charge in [0.15, 0.2) is 0 Å². The average molecular weight is 373 g/mol. The van der Waals surface area contributed by atoms with Gasteiger partial charge in [0, 0.05) is 12.5 Å². The number of likely N-dealkylation sites (N-methyl/N-ethyl adjacent to an activating group) is 1. The molecule has 2 aromatic rings. The Kier molecular flexibility index (Phi) is 3.86. The fourth-order valence-electron chi connectivity index (χ4n) is 5.23. The van der Waals surface area contributed by atoms with Crippen LogP contribution in [0.4, 0.5) is 8.78 Å². The second-order valence-corrected chi connectivity index (χ2v) is 7.91. The Bertz CT molecular complexity index is 927. The van der Waals surface area contributed by atoms with E-state index in [1.165, 1.54) is 18.2 Å². The van der Waals surface area contributed by atoms with Crippen LogP contribution in [0.15, 0.2) is 24.3 Å². The number of benzene rings is 1. The summed E-state index contributed by atoms with van der Waals surface area (Å²) in [6.45, 7) is 3.55. The lowest BCUT2D eigenvalue weighted by atomic mass is 9.74. The molecular weight excluding hydrogens is 352 g/mol. The molecule has 1 unspecified atom stereocenters. The highest BCUT2D eigenvalue weighted by Crippen LogP contribution is 2.68. The minimum atomic E-state index is -0.688. The summed E-state index contributed by atoms with van der Waals surface area (Å²) in [4.78, 5) is 13.9. The van der Waals surface area contributed by atoms with Crippen LogP contribution in [0.2, 0.25) is 0 Å². The zero-order chi connectivity index (χ0) is 19.6. The van der Waals surface area contributed by atoms with Gasteiger partial charge >= 0.3 is 0 Å². The third-order valence-corrected chi connectivity index (χ3v) is 6.62. The van der Waals surface area contributed by atoms with Gasteiger partial charge < -0.3 is 10.0 Å². The van der Waals surface area contributed by atoms with Crippen molar-refractivity contribution in [2.45, 2.75) is 38.1 Å². The van der Waals surface area contributed by atoms with Crippen LogP contribution in [0.3, 0.4) is 0 Å². The van der Waals surface area contributed by atoms with Crippen molar-refractivity contribution in [2.24, 2.45) is 5.41 Å². The van der Waals surface area contributed by atoms with Gasteiger partial charge in [0.1, 0.15) is 18.2 Å². The first kappa shape index (κ1) is 18.0. The van der Waals surface area contributed by atoms with Crippen LogP contribution < -0.4 is 0 Å². The first-order chi connectivity index (χ1) is 12.8. The number of rotatable bonds is 3. The lowest BCUT2D eigenvalue weighted by Crippen LogP contribution is -2.53. The number of halogens is 2. The highest BCUT2D eigenvalue weighted by Gasteiger charge is 2.66. The van der Waals surface area contributed by atoms with Gasteiger partial charge in [0.25, 0.3) is 0 Å². The van der Waals surface area contributed by atoms with Crippen LogP contribution in [0.1, 0.15) is 43.9 Å². The quantitative estimate of drug-likeness (QED) is 0.898. The van der Waals surface area contributed by atoms with Gasteiger partial charge in [-0.2, -0.15) is 5.10 Å². The topological polar surface area (TPSA) is 66.3 Å². The Balaban J connectivity index is 1.90. The molecule has 0 saturated heterocycles. The zero-order valence-electron chi connectivity index (χ0n) is 15.5. The Hall–Kier alpha value is -2.41. The van der Waals surface area contributed by atoms with Crippen molar-refractivity contribution >= 4 is 5.91 Å². The Labute approximate surface area is 156 Å². The second-order valence-electron chi connectivity index (χ2n) is 7.91. The smallest absolute Gasteiger partial charge is 0.248 e. The van der Waals surface area contributed by atoms with Crippen LogP contribution in [-0.4, -0.2) is 39.8 Å². The molecule has 5 nitrogen and oxygen atoms in total. The van der Waals surface area contributed by atoms with Crippen LogP contribution in [0.25, 0.3) is 11.3 Å². The van der Waals surface area contributed by atoms with Gasteiger partial charge in [-0.15, -0.1) is 5.10 Å². The van der Waals surface area contributed by atoms with E-state index < -0.39 is 23.8 Å². The normalized spacial score (nSPS) is 24.7. The predicted molar refractivity (Wildman–Crippen MR) is 94.7 cm³/mol. The summed E-state index contributed by atoms with van der Waals surface area (Å²) in [7, 11) is 1.67. The van der Waals surface area contributed by atoms with E-state index in [1.807, 2.05) is 0 Å². The fourth-order valence-corrected chi connectivity index (χ4v) is 5.23. The summed E-state index contributed by atoms with van der Waals surface area (Å²) < 4.78 is 28.4. The first-order valence-electron chi connectivity index (χ1n) is 8.95. The van der Waals surface area contributed by atoms with E-state index in [9.17, 15) is 18.7 Å². The molecule has 2 atom stereocenters. The number of aliphatic hydroxyl groups is 1. The number of amides is 1. The molecule has 2 aliphatic rings. The molecule has 1 aromatic heterocycles. The molecule has 1 N–H and O–H groups in total. The van der Waals surface area contributed by atoms with Gasteiger partial charge in [0.2, 0.25) is 5.91 Å². The van der Waals surface area contributed by atoms with E-state index in [4.69, 9.17) is 0 Å². The third-order valence-electron chi connectivity index (χ3n) is 6.62. The predicted octanol–water partition coefficient (Wildman–Crippen LogP) is 2.99. The van der Waals surface area contributed by atoms with Gasteiger partial charge in [0.05, 0.1) is 22.5 Å². The van der Waals surface area contributed by atoms with E-state index in [0.29, 0.717) is 12.1 Å². The largest absolute Gasteiger partial charge is 0.387 e. The lowest BCUT2D eigenvalue weighted by Gasteiger charge is -2.45. The number of hydrogen-bond donors (Lipinski definition) is 1. The number of aliphatic hydroxyl groups excluding tert-OH is 1. The number of carbonyl (C=O) groups excluding carboxylic acids is 1. The standard InChI is InChI=1S/C20H21F2N3O2/c1-19(2)12-7-8-20(19,25(3)16(27)10-26)18-11(12)9-15(23-24-18)17-13(21)5-4-6-14(17)22/h4-6,9,12,26H,7-8,10H2,1-3H3/t12-,20?/m0/s1. The van der Waals surface area contributed by atoms with Crippen LogP contribution in [0.5, 0.6) is 0 Å². The minimum Gasteiger partial charge on any atom is -0.387 e. The van der Waals surface area contributed by atoms with Crippen LogP contribution in [0, 0.1) is 17.0 Å². The van der Waals surface area contributed by atoms with Crippen molar-refractivity contribution in [3.05, 3.63) is 47.2 Å². The molecule has 4 rings (SSSR count). The number of nitrogens with zero attached hydrogens (tertiary/aromatic N) is 3. The summed E-state index contributed by atoms with van der Waals surface area (Å²) in [6, 6.07) is 5.40. The molecule has 0 spiro atoms. The molecule has 2 bridgehead atoms. The van der Waals surface area contributed by atoms with Crippen molar-refractivity contribution in [3.63, 3.8) is 0 Å². The molecule has 1 aromatic carbocycles. The maximum atomic E-state index is 14.2. The van der Waals surface area contributed by atoms with Crippen molar-refractivity contribution in [1.29, 1.82) is 0 Å².